The summed E-state index contributed by atoms with van der Waals surface area (Å²) in [7, 11) is 1.66. The van der Waals surface area contributed by atoms with Crippen molar-refractivity contribution in [2.45, 2.75) is 6.54 Å². The van der Waals surface area contributed by atoms with E-state index in [1.54, 1.807) is 7.11 Å². The largest absolute Gasteiger partial charge is 0.383 e. The van der Waals surface area contributed by atoms with Crippen LogP contribution < -0.4 is 11.1 Å². The fourth-order valence-corrected chi connectivity index (χ4v) is 1.85. The molecule has 108 valence electrons. The highest BCUT2D eigenvalue weighted by atomic mass is 127. The Bertz CT molecular complexity index is 572. The quantitative estimate of drug-likeness (QED) is 0.360. The third-order valence-corrected chi connectivity index (χ3v) is 2.86. The van der Waals surface area contributed by atoms with E-state index in [9.17, 15) is 0 Å². The summed E-state index contributed by atoms with van der Waals surface area (Å²) in [6.07, 6.45) is 0. The van der Waals surface area contributed by atoms with E-state index in [2.05, 4.69) is 40.6 Å². The average molecular weight is 385 g/mol. The van der Waals surface area contributed by atoms with E-state index in [0.29, 0.717) is 25.7 Å². The molecule has 20 heavy (non-hydrogen) atoms. The smallest absolute Gasteiger partial charge is 0.188 e. The number of methoxy groups -OCH3 is 1. The summed E-state index contributed by atoms with van der Waals surface area (Å²) in [6.45, 7) is 1.87. The Morgan fingerprint density at radius 1 is 1.20 bits per heavy atom. The molecule has 2 aromatic carbocycles. The van der Waals surface area contributed by atoms with E-state index in [1.807, 2.05) is 12.1 Å². The van der Waals surface area contributed by atoms with Crippen LogP contribution in [-0.2, 0) is 11.3 Å². The third kappa shape index (κ3) is 4.97. The number of benzene rings is 2. The molecule has 4 nitrogen and oxygen atoms in total. The molecule has 0 bridgehead atoms. The Morgan fingerprint density at radius 3 is 2.70 bits per heavy atom. The number of ether oxygens (including phenoxy) is 1. The minimum Gasteiger partial charge on any atom is -0.383 e. The van der Waals surface area contributed by atoms with Crippen molar-refractivity contribution in [1.82, 2.24) is 5.32 Å². The highest BCUT2D eigenvalue weighted by molar-refractivity contribution is 14.0. The second-order valence-electron chi connectivity index (χ2n) is 4.30. The molecule has 0 radical (unpaired) electrons. The van der Waals surface area contributed by atoms with Crippen LogP contribution in [0.5, 0.6) is 0 Å². The molecular weight excluding hydrogens is 365 g/mol. The van der Waals surface area contributed by atoms with Crippen molar-refractivity contribution < 1.29 is 4.74 Å². The molecule has 0 spiro atoms. The topological polar surface area (TPSA) is 59.6 Å². The molecule has 0 saturated heterocycles. The summed E-state index contributed by atoms with van der Waals surface area (Å²) < 4.78 is 4.93. The molecule has 0 heterocycles. The highest BCUT2D eigenvalue weighted by Gasteiger charge is 1.96. The number of fused-ring (bicyclic) bond motifs is 1. The van der Waals surface area contributed by atoms with Gasteiger partial charge in [0.15, 0.2) is 5.96 Å². The molecule has 0 aliphatic carbocycles. The van der Waals surface area contributed by atoms with Gasteiger partial charge < -0.3 is 15.8 Å². The summed E-state index contributed by atoms with van der Waals surface area (Å²) >= 11 is 0. The predicted octanol–water partition coefficient (Wildman–Crippen LogP) is 2.51. The lowest BCUT2D eigenvalue weighted by molar-refractivity contribution is 0.204. The van der Waals surface area contributed by atoms with Crippen LogP contribution in [0.4, 0.5) is 0 Å². The zero-order chi connectivity index (χ0) is 13.5. The van der Waals surface area contributed by atoms with Gasteiger partial charge in [-0.05, 0) is 22.4 Å². The van der Waals surface area contributed by atoms with Gasteiger partial charge in [0, 0.05) is 13.7 Å². The van der Waals surface area contributed by atoms with Gasteiger partial charge in [0.1, 0.15) is 0 Å². The monoisotopic (exact) mass is 385 g/mol. The molecule has 0 fully saturated rings. The van der Waals surface area contributed by atoms with Gasteiger partial charge in [0.25, 0.3) is 0 Å². The minimum absolute atomic E-state index is 0. The summed E-state index contributed by atoms with van der Waals surface area (Å²) in [6, 6.07) is 14.6. The molecule has 5 heteroatoms. The van der Waals surface area contributed by atoms with E-state index in [-0.39, 0.29) is 24.0 Å². The van der Waals surface area contributed by atoms with E-state index >= 15 is 0 Å². The maximum Gasteiger partial charge on any atom is 0.188 e. The molecule has 0 aliphatic rings. The molecule has 0 amide bonds. The van der Waals surface area contributed by atoms with Crippen LogP contribution in [0.2, 0.25) is 0 Å². The molecule has 0 aliphatic heterocycles. The Hall–Kier alpha value is -1.34. The number of nitrogens with two attached hydrogens (primary N) is 1. The lowest BCUT2D eigenvalue weighted by Gasteiger charge is -2.05. The standard InChI is InChI=1S/C15H19N3O.HI/c1-19-9-8-17-15(16)18-11-12-6-7-13-4-2-3-5-14(13)10-12;/h2-7,10H,8-9,11H2,1H3,(H3,16,17,18);1H. The van der Waals surface area contributed by atoms with Crippen LogP contribution in [-0.4, -0.2) is 26.2 Å². The molecule has 3 N–H and O–H groups in total. The van der Waals surface area contributed by atoms with Crippen molar-refractivity contribution in [2.24, 2.45) is 10.7 Å². The molecule has 0 unspecified atom stereocenters. The molecule has 2 rings (SSSR count). The van der Waals surface area contributed by atoms with E-state index in [0.717, 1.165) is 5.56 Å². The molecule has 0 atom stereocenters. The highest BCUT2D eigenvalue weighted by Crippen LogP contribution is 2.15. The first-order valence-electron chi connectivity index (χ1n) is 6.30. The number of hydrogen-bond acceptors (Lipinski definition) is 2. The average Bonchev–Trinajstić information content (AvgIpc) is 2.45. The zero-order valence-electron chi connectivity index (χ0n) is 11.5. The predicted molar refractivity (Wildman–Crippen MR) is 94.6 cm³/mol. The van der Waals surface area contributed by atoms with Gasteiger partial charge in [-0.2, -0.15) is 0 Å². The Balaban J connectivity index is 0.00000200. The SMILES string of the molecule is COCCNC(N)=NCc1ccc2ccccc2c1.I. The number of nitrogens with one attached hydrogen (secondary N) is 1. The van der Waals surface area contributed by atoms with Crippen LogP contribution in [0.15, 0.2) is 47.5 Å². The molecule has 2 aromatic rings. The molecule has 0 saturated carbocycles. The fourth-order valence-electron chi connectivity index (χ4n) is 1.85. The van der Waals surface area contributed by atoms with Crippen LogP contribution >= 0.6 is 24.0 Å². The third-order valence-electron chi connectivity index (χ3n) is 2.86. The summed E-state index contributed by atoms with van der Waals surface area (Å²) in [5.41, 5.74) is 6.91. The maximum atomic E-state index is 5.76. The van der Waals surface area contributed by atoms with Gasteiger partial charge in [0.05, 0.1) is 13.2 Å². The van der Waals surface area contributed by atoms with Crippen molar-refractivity contribution in [3.8, 4) is 0 Å². The Labute approximate surface area is 136 Å². The van der Waals surface area contributed by atoms with E-state index in [4.69, 9.17) is 10.5 Å². The van der Waals surface area contributed by atoms with Crippen molar-refractivity contribution in [1.29, 1.82) is 0 Å². The van der Waals surface area contributed by atoms with E-state index in [1.165, 1.54) is 10.8 Å². The second-order valence-corrected chi connectivity index (χ2v) is 4.30. The minimum atomic E-state index is 0. The van der Waals surface area contributed by atoms with E-state index < -0.39 is 0 Å². The van der Waals surface area contributed by atoms with Crippen molar-refractivity contribution in [3.63, 3.8) is 0 Å². The summed E-state index contributed by atoms with van der Waals surface area (Å²) in [5.74, 6) is 0.449. The first-order chi connectivity index (χ1) is 9.29. The maximum absolute atomic E-state index is 5.76. The first kappa shape index (κ1) is 16.7. The van der Waals surface area contributed by atoms with Gasteiger partial charge >= 0.3 is 0 Å². The van der Waals surface area contributed by atoms with Crippen LogP contribution in [0.3, 0.4) is 0 Å². The zero-order valence-corrected chi connectivity index (χ0v) is 13.8. The molecule has 0 aromatic heterocycles. The van der Waals surface area contributed by atoms with Crippen LogP contribution in [0.25, 0.3) is 10.8 Å². The van der Waals surface area contributed by atoms with Crippen LogP contribution in [0, 0.1) is 0 Å². The number of halogens is 1. The number of aliphatic imine (C=N–C) groups is 1. The number of rotatable bonds is 5. The lowest BCUT2D eigenvalue weighted by atomic mass is 10.1. The fraction of sp³-hybridized carbons (Fsp3) is 0.267. The first-order valence-corrected chi connectivity index (χ1v) is 6.30. The van der Waals surface area contributed by atoms with Gasteiger partial charge in [0.2, 0.25) is 0 Å². The second kappa shape index (κ2) is 8.76. The number of nitrogens with zero attached hydrogens (tertiary/aromatic N) is 1. The summed E-state index contributed by atoms with van der Waals surface area (Å²) in [4.78, 5) is 4.30. The summed E-state index contributed by atoms with van der Waals surface area (Å²) in [5, 5.41) is 5.45. The number of guanidine groups is 1. The van der Waals surface area contributed by atoms with Gasteiger partial charge in [-0.3, -0.25) is 0 Å². The van der Waals surface area contributed by atoms with Gasteiger partial charge in [-0.15, -0.1) is 24.0 Å². The van der Waals surface area contributed by atoms with Crippen molar-refractivity contribution in [2.75, 3.05) is 20.3 Å². The van der Waals surface area contributed by atoms with Crippen molar-refractivity contribution in [3.05, 3.63) is 48.0 Å². The normalized spacial score (nSPS) is 11.2. The Morgan fingerprint density at radius 2 is 1.95 bits per heavy atom. The Kier molecular flexibility index (Phi) is 7.32. The van der Waals surface area contributed by atoms with Gasteiger partial charge in [-0.1, -0.05) is 36.4 Å². The number of hydrogen-bond donors (Lipinski definition) is 2. The molecular formula is C15H20IN3O. The van der Waals surface area contributed by atoms with Crippen LogP contribution in [0.1, 0.15) is 5.56 Å². The lowest BCUT2D eigenvalue weighted by Crippen LogP contribution is -2.34. The van der Waals surface area contributed by atoms with Crippen molar-refractivity contribution >= 4 is 40.7 Å². The van der Waals surface area contributed by atoms with Gasteiger partial charge in [-0.25, -0.2) is 4.99 Å².